The first kappa shape index (κ1) is 18.5. The van der Waals surface area contributed by atoms with Gasteiger partial charge in [-0.25, -0.2) is 4.79 Å². The van der Waals surface area contributed by atoms with E-state index in [0.29, 0.717) is 16.6 Å². The minimum Gasteiger partial charge on any atom is -0.506 e. The number of halogens is 1. The minimum absolute atomic E-state index is 0.0134. The van der Waals surface area contributed by atoms with Crippen LogP contribution >= 0.6 is 15.9 Å². The van der Waals surface area contributed by atoms with E-state index in [9.17, 15) is 14.7 Å². The van der Waals surface area contributed by atoms with Crippen LogP contribution in [0.2, 0.25) is 0 Å². The number of carbonyl (C=O) groups is 2. The summed E-state index contributed by atoms with van der Waals surface area (Å²) < 4.78 is 5.32. The van der Waals surface area contributed by atoms with Gasteiger partial charge in [-0.15, -0.1) is 0 Å². The van der Waals surface area contributed by atoms with Crippen molar-refractivity contribution in [1.82, 2.24) is 0 Å². The first-order valence-electron chi connectivity index (χ1n) is 7.32. The van der Waals surface area contributed by atoms with E-state index in [-0.39, 0.29) is 11.3 Å². The maximum atomic E-state index is 12.0. The summed E-state index contributed by atoms with van der Waals surface area (Å²) >= 11 is 3.15. The van der Waals surface area contributed by atoms with E-state index in [4.69, 9.17) is 10.00 Å². The number of benzene rings is 2. The molecule has 128 valence electrons. The van der Waals surface area contributed by atoms with Gasteiger partial charge in [-0.2, -0.15) is 5.26 Å². The van der Waals surface area contributed by atoms with E-state index in [1.54, 1.807) is 37.3 Å². The summed E-state index contributed by atoms with van der Waals surface area (Å²) in [5.41, 5.74) is 2.12. The molecule has 0 aliphatic heterocycles. The molecule has 0 aliphatic carbocycles. The number of carbonyl (C=O) groups excluding carboxylic acids is 2. The van der Waals surface area contributed by atoms with Crippen molar-refractivity contribution in [3.05, 3.63) is 57.6 Å². The van der Waals surface area contributed by atoms with Gasteiger partial charge in [0.1, 0.15) is 11.3 Å². The second-order valence-corrected chi connectivity index (χ2v) is 6.15. The molecule has 1 amide bonds. The van der Waals surface area contributed by atoms with Gasteiger partial charge in [-0.05, 0) is 58.2 Å². The highest BCUT2D eigenvalue weighted by Gasteiger charge is 2.17. The zero-order valence-corrected chi connectivity index (χ0v) is 15.0. The van der Waals surface area contributed by atoms with Crippen molar-refractivity contribution in [2.75, 3.05) is 11.9 Å². The molecule has 7 heteroatoms. The maximum Gasteiger partial charge on any atom is 0.342 e. The summed E-state index contributed by atoms with van der Waals surface area (Å²) in [6.07, 6.45) is 0.293. The van der Waals surface area contributed by atoms with E-state index in [0.717, 1.165) is 11.1 Å². The third-order valence-electron chi connectivity index (χ3n) is 3.28. The molecule has 0 unspecified atom stereocenters. The van der Waals surface area contributed by atoms with Crippen molar-refractivity contribution in [3.8, 4) is 11.8 Å². The third kappa shape index (κ3) is 5.06. The summed E-state index contributed by atoms with van der Waals surface area (Å²) in [6, 6.07) is 12.0. The van der Waals surface area contributed by atoms with Gasteiger partial charge in [0, 0.05) is 5.69 Å². The van der Waals surface area contributed by atoms with E-state index in [1.165, 1.54) is 6.07 Å². The quantitative estimate of drug-likeness (QED) is 0.747. The molecule has 0 saturated carbocycles. The zero-order chi connectivity index (χ0) is 18.4. The molecule has 0 spiro atoms. The van der Waals surface area contributed by atoms with Crippen LogP contribution in [0.5, 0.6) is 5.75 Å². The Morgan fingerprint density at radius 3 is 2.60 bits per heavy atom. The number of esters is 1. The Labute approximate surface area is 153 Å². The van der Waals surface area contributed by atoms with E-state index in [1.807, 2.05) is 6.07 Å². The number of hydrogen-bond acceptors (Lipinski definition) is 5. The van der Waals surface area contributed by atoms with Gasteiger partial charge in [0.25, 0.3) is 5.91 Å². The molecule has 0 saturated heterocycles. The number of nitriles is 1. The molecule has 25 heavy (non-hydrogen) atoms. The highest BCUT2D eigenvalue weighted by atomic mass is 79.9. The Bertz CT molecular complexity index is 841. The van der Waals surface area contributed by atoms with Gasteiger partial charge in [-0.3, -0.25) is 4.79 Å². The molecule has 0 heterocycles. The van der Waals surface area contributed by atoms with Gasteiger partial charge in [0.2, 0.25) is 0 Å². The number of hydrogen-bond donors (Lipinski definition) is 2. The van der Waals surface area contributed by atoms with Crippen molar-refractivity contribution in [1.29, 1.82) is 5.26 Å². The fourth-order valence-corrected chi connectivity index (χ4v) is 2.67. The van der Waals surface area contributed by atoms with Crippen LogP contribution < -0.4 is 5.32 Å². The predicted octanol–water partition coefficient (Wildman–Crippen LogP) is 3.32. The lowest BCUT2D eigenvalue weighted by atomic mass is 10.1. The zero-order valence-electron chi connectivity index (χ0n) is 13.4. The molecule has 0 radical (unpaired) electrons. The number of nitrogens with zero attached hydrogens (tertiary/aromatic N) is 1. The van der Waals surface area contributed by atoms with E-state index < -0.39 is 18.5 Å². The maximum absolute atomic E-state index is 12.0. The molecule has 2 rings (SSSR count). The minimum atomic E-state index is -0.790. The van der Waals surface area contributed by atoms with Gasteiger partial charge in [-0.1, -0.05) is 12.1 Å². The Morgan fingerprint density at radius 2 is 1.96 bits per heavy atom. The van der Waals surface area contributed by atoms with Crippen LogP contribution in [0, 0.1) is 18.3 Å². The van der Waals surface area contributed by atoms with E-state index in [2.05, 4.69) is 21.2 Å². The lowest BCUT2D eigenvalue weighted by molar-refractivity contribution is -0.119. The van der Waals surface area contributed by atoms with Crippen molar-refractivity contribution in [3.63, 3.8) is 0 Å². The fraction of sp³-hybridized carbons (Fsp3) is 0.167. The lowest BCUT2D eigenvalue weighted by Gasteiger charge is -2.09. The first-order valence-corrected chi connectivity index (χ1v) is 8.12. The number of nitrogens with one attached hydrogen (secondary N) is 1. The number of aromatic hydroxyl groups is 1. The molecular formula is C18H15BrN2O4. The van der Waals surface area contributed by atoms with E-state index >= 15 is 0 Å². The number of amides is 1. The molecular weight excluding hydrogens is 388 g/mol. The SMILES string of the molecule is Cc1cc(Br)c(O)c(C(=O)OCC(=O)Nc2ccc(CC#N)cc2)c1. The van der Waals surface area contributed by atoms with Crippen LogP contribution in [0.15, 0.2) is 40.9 Å². The molecule has 2 N–H and O–H groups in total. The second kappa shape index (κ2) is 8.31. The summed E-state index contributed by atoms with van der Waals surface area (Å²) in [5, 5.41) is 21.1. The number of aryl methyl sites for hydroxylation is 1. The normalized spacial score (nSPS) is 9.96. The molecule has 0 atom stereocenters. The summed E-state index contributed by atoms with van der Waals surface area (Å²) in [4.78, 5) is 23.9. The molecule has 0 aromatic heterocycles. The number of phenolic OH excluding ortho intramolecular Hbond substituents is 1. The summed E-state index contributed by atoms with van der Waals surface area (Å²) in [7, 11) is 0. The fourth-order valence-electron chi connectivity index (χ4n) is 2.09. The van der Waals surface area contributed by atoms with Gasteiger partial charge >= 0.3 is 5.97 Å². The standard InChI is InChI=1S/C18H15BrN2O4/c1-11-8-14(17(23)15(19)9-11)18(24)25-10-16(22)21-13-4-2-12(3-5-13)6-7-20/h2-5,8-9,23H,6,10H2,1H3,(H,21,22). The smallest absolute Gasteiger partial charge is 0.342 e. The van der Waals surface area contributed by atoms with Crippen molar-refractivity contribution >= 4 is 33.5 Å². The van der Waals surface area contributed by atoms with Crippen molar-refractivity contribution < 1.29 is 19.4 Å². The lowest BCUT2D eigenvalue weighted by Crippen LogP contribution is -2.21. The van der Waals surface area contributed by atoms with Crippen LogP contribution in [0.1, 0.15) is 21.5 Å². The molecule has 0 aliphatic rings. The van der Waals surface area contributed by atoms with Gasteiger partial charge in [0.15, 0.2) is 6.61 Å². The molecule has 2 aromatic carbocycles. The predicted molar refractivity (Wildman–Crippen MR) is 95.2 cm³/mol. The summed E-state index contributed by atoms with van der Waals surface area (Å²) in [5.74, 6) is -1.53. The molecule has 6 nitrogen and oxygen atoms in total. The third-order valence-corrected chi connectivity index (χ3v) is 3.89. The Kier molecular flexibility index (Phi) is 6.14. The first-order chi connectivity index (χ1) is 11.9. The Balaban J connectivity index is 1.93. The number of ether oxygens (including phenoxy) is 1. The monoisotopic (exact) mass is 402 g/mol. The Hall–Kier alpha value is -2.85. The Morgan fingerprint density at radius 1 is 1.28 bits per heavy atom. The highest BCUT2D eigenvalue weighted by molar-refractivity contribution is 9.10. The van der Waals surface area contributed by atoms with Crippen LogP contribution in [0.4, 0.5) is 5.69 Å². The van der Waals surface area contributed by atoms with Crippen LogP contribution in [-0.2, 0) is 16.0 Å². The average Bonchev–Trinajstić information content (AvgIpc) is 2.58. The second-order valence-electron chi connectivity index (χ2n) is 5.30. The molecule has 0 fully saturated rings. The highest BCUT2D eigenvalue weighted by Crippen LogP contribution is 2.29. The van der Waals surface area contributed by atoms with Crippen LogP contribution in [0.25, 0.3) is 0 Å². The van der Waals surface area contributed by atoms with Gasteiger partial charge < -0.3 is 15.2 Å². The summed E-state index contributed by atoms with van der Waals surface area (Å²) in [6.45, 7) is 1.29. The number of anilines is 1. The molecule has 2 aromatic rings. The topological polar surface area (TPSA) is 99.4 Å². The van der Waals surface area contributed by atoms with Crippen LogP contribution in [-0.4, -0.2) is 23.6 Å². The average molecular weight is 403 g/mol. The van der Waals surface area contributed by atoms with Crippen molar-refractivity contribution in [2.24, 2.45) is 0 Å². The van der Waals surface area contributed by atoms with Gasteiger partial charge in [0.05, 0.1) is 17.0 Å². The van der Waals surface area contributed by atoms with Crippen LogP contribution in [0.3, 0.4) is 0 Å². The largest absolute Gasteiger partial charge is 0.506 e. The number of phenols is 1. The number of rotatable bonds is 5. The van der Waals surface area contributed by atoms with Crippen molar-refractivity contribution in [2.45, 2.75) is 13.3 Å². The molecule has 0 bridgehead atoms.